The second-order valence-electron chi connectivity index (χ2n) is 3.39. The monoisotopic (exact) mass is 198 g/mol. The maximum atomic E-state index is 9.57. The lowest BCUT2D eigenvalue weighted by Crippen LogP contribution is -1.93. The molecule has 0 saturated carbocycles. The summed E-state index contributed by atoms with van der Waals surface area (Å²) in [6.45, 7) is 4.24. The Bertz CT molecular complexity index is 283. The molecule has 0 aliphatic carbocycles. The predicted molar refractivity (Wildman–Crippen MR) is 56.4 cm³/mol. The van der Waals surface area contributed by atoms with Crippen molar-refractivity contribution in [2.75, 3.05) is 0 Å². The van der Waals surface area contributed by atoms with Crippen molar-refractivity contribution in [1.29, 1.82) is 0 Å². The second-order valence-corrected chi connectivity index (χ2v) is 3.83. The van der Waals surface area contributed by atoms with E-state index in [4.69, 9.17) is 11.6 Å². The van der Waals surface area contributed by atoms with Crippen LogP contribution in [0.15, 0.2) is 18.2 Å². The van der Waals surface area contributed by atoms with Crippen LogP contribution in [0.5, 0.6) is 5.75 Å². The zero-order valence-corrected chi connectivity index (χ0v) is 8.80. The van der Waals surface area contributed by atoms with Crippen molar-refractivity contribution in [2.45, 2.75) is 32.6 Å². The van der Waals surface area contributed by atoms with Crippen LogP contribution in [-0.4, -0.2) is 5.11 Å². The molecule has 0 heterocycles. The van der Waals surface area contributed by atoms with E-state index in [0.29, 0.717) is 16.7 Å². The van der Waals surface area contributed by atoms with Gasteiger partial charge in [-0.3, -0.25) is 0 Å². The summed E-state index contributed by atoms with van der Waals surface area (Å²) in [5.74, 6) is 0.731. The van der Waals surface area contributed by atoms with Crippen LogP contribution >= 0.6 is 11.6 Å². The van der Waals surface area contributed by atoms with E-state index in [1.54, 1.807) is 12.1 Å². The minimum atomic E-state index is 0.352. The summed E-state index contributed by atoms with van der Waals surface area (Å²) in [7, 11) is 0. The molecule has 2 heteroatoms. The minimum Gasteiger partial charge on any atom is -0.508 e. The van der Waals surface area contributed by atoms with Gasteiger partial charge in [0.05, 0.1) is 0 Å². The first-order chi connectivity index (χ1) is 6.15. The molecule has 0 bridgehead atoms. The van der Waals surface area contributed by atoms with E-state index in [-0.39, 0.29) is 0 Å². The Balaban J connectivity index is 2.91. The van der Waals surface area contributed by atoms with Gasteiger partial charge >= 0.3 is 0 Å². The third-order valence-corrected chi connectivity index (χ3v) is 2.48. The number of halogens is 1. The molecule has 1 unspecified atom stereocenters. The first kappa shape index (κ1) is 10.4. The maximum Gasteiger partial charge on any atom is 0.119 e. The van der Waals surface area contributed by atoms with E-state index in [0.717, 1.165) is 18.4 Å². The quantitative estimate of drug-likeness (QED) is 0.780. The fourth-order valence-electron chi connectivity index (χ4n) is 1.51. The second kappa shape index (κ2) is 4.52. The third kappa shape index (κ3) is 2.63. The van der Waals surface area contributed by atoms with Crippen LogP contribution in [0.4, 0.5) is 0 Å². The number of phenolic OH excluding ortho intramolecular Hbond substituents is 1. The molecule has 1 aromatic rings. The van der Waals surface area contributed by atoms with Crippen molar-refractivity contribution in [3.8, 4) is 5.75 Å². The van der Waals surface area contributed by atoms with Crippen molar-refractivity contribution in [2.24, 2.45) is 0 Å². The highest BCUT2D eigenvalue weighted by atomic mass is 35.5. The number of aromatic hydroxyl groups is 1. The van der Waals surface area contributed by atoms with E-state index in [9.17, 15) is 5.11 Å². The first-order valence-electron chi connectivity index (χ1n) is 4.63. The van der Waals surface area contributed by atoms with E-state index in [1.807, 2.05) is 6.07 Å². The normalized spacial score (nSPS) is 12.8. The van der Waals surface area contributed by atoms with Crippen LogP contribution in [0, 0.1) is 0 Å². The Morgan fingerprint density at radius 1 is 1.46 bits per heavy atom. The SMILES string of the molecule is CCCC(C)c1cc(Cl)ccc1O. The fourth-order valence-corrected chi connectivity index (χ4v) is 1.69. The number of hydrogen-bond donors (Lipinski definition) is 1. The summed E-state index contributed by atoms with van der Waals surface area (Å²) in [5, 5.41) is 10.3. The average Bonchev–Trinajstić information content (AvgIpc) is 2.09. The lowest BCUT2D eigenvalue weighted by Gasteiger charge is -2.12. The van der Waals surface area contributed by atoms with Gasteiger partial charge < -0.3 is 5.11 Å². The first-order valence-corrected chi connectivity index (χ1v) is 5.01. The Morgan fingerprint density at radius 2 is 2.15 bits per heavy atom. The molecule has 1 rings (SSSR count). The highest BCUT2D eigenvalue weighted by molar-refractivity contribution is 6.30. The van der Waals surface area contributed by atoms with Crippen LogP contribution in [0.2, 0.25) is 5.02 Å². The van der Waals surface area contributed by atoms with E-state index >= 15 is 0 Å². The van der Waals surface area contributed by atoms with Gasteiger partial charge in [0.2, 0.25) is 0 Å². The fraction of sp³-hybridized carbons (Fsp3) is 0.455. The van der Waals surface area contributed by atoms with Gasteiger partial charge in [-0.25, -0.2) is 0 Å². The van der Waals surface area contributed by atoms with Gasteiger partial charge in [-0.2, -0.15) is 0 Å². The molecule has 0 radical (unpaired) electrons. The van der Waals surface area contributed by atoms with Crippen LogP contribution in [0.3, 0.4) is 0 Å². The number of benzene rings is 1. The Kier molecular flexibility index (Phi) is 3.61. The molecular weight excluding hydrogens is 184 g/mol. The number of phenols is 1. The molecule has 13 heavy (non-hydrogen) atoms. The van der Waals surface area contributed by atoms with Gasteiger partial charge in [0.15, 0.2) is 0 Å². The van der Waals surface area contributed by atoms with E-state index in [2.05, 4.69) is 13.8 Å². The lowest BCUT2D eigenvalue weighted by atomic mass is 9.96. The summed E-state index contributed by atoms with van der Waals surface area (Å²) >= 11 is 5.85. The minimum absolute atomic E-state index is 0.352. The standard InChI is InChI=1S/C11H15ClO/c1-3-4-8(2)10-7-9(12)5-6-11(10)13/h5-8,13H,3-4H2,1-2H3. The molecule has 0 amide bonds. The molecule has 72 valence electrons. The number of hydrogen-bond acceptors (Lipinski definition) is 1. The zero-order chi connectivity index (χ0) is 9.84. The maximum absolute atomic E-state index is 9.57. The zero-order valence-electron chi connectivity index (χ0n) is 8.05. The van der Waals surface area contributed by atoms with Gasteiger partial charge in [-0.05, 0) is 36.1 Å². The van der Waals surface area contributed by atoms with Gasteiger partial charge in [0, 0.05) is 5.02 Å². The van der Waals surface area contributed by atoms with Crippen LogP contribution in [0.1, 0.15) is 38.2 Å². The third-order valence-electron chi connectivity index (χ3n) is 2.24. The molecule has 0 aliphatic heterocycles. The van der Waals surface area contributed by atoms with Crippen LogP contribution in [-0.2, 0) is 0 Å². The van der Waals surface area contributed by atoms with Crippen LogP contribution in [0.25, 0.3) is 0 Å². The Morgan fingerprint density at radius 3 is 2.77 bits per heavy atom. The van der Waals surface area contributed by atoms with E-state index in [1.165, 1.54) is 0 Å². The molecule has 1 N–H and O–H groups in total. The summed E-state index contributed by atoms with van der Waals surface area (Å²) in [5.41, 5.74) is 0.953. The molecule has 1 aromatic carbocycles. The van der Waals surface area contributed by atoms with Crippen LogP contribution < -0.4 is 0 Å². The van der Waals surface area contributed by atoms with Gasteiger partial charge in [-0.1, -0.05) is 31.9 Å². The molecule has 0 spiro atoms. The van der Waals surface area contributed by atoms with Gasteiger partial charge in [0.25, 0.3) is 0 Å². The highest BCUT2D eigenvalue weighted by Gasteiger charge is 2.09. The molecule has 0 saturated heterocycles. The summed E-state index contributed by atoms with van der Waals surface area (Å²) in [6.07, 6.45) is 2.20. The largest absolute Gasteiger partial charge is 0.508 e. The summed E-state index contributed by atoms with van der Waals surface area (Å²) in [4.78, 5) is 0. The Labute approximate surface area is 84.4 Å². The molecular formula is C11H15ClO. The number of rotatable bonds is 3. The van der Waals surface area contributed by atoms with Gasteiger partial charge in [0.1, 0.15) is 5.75 Å². The topological polar surface area (TPSA) is 20.2 Å². The smallest absolute Gasteiger partial charge is 0.119 e. The van der Waals surface area contributed by atoms with Gasteiger partial charge in [-0.15, -0.1) is 0 Å². The summed E-state index contributed by atoms with van der Waals surface area (Å²) in [6, 6.07) is 5.21. The molecule has 0 aromatic heterocycles. The van der Waals surface area contributed by atoms with Crippen molar-refractivity contribution < 1.29 is 5.11 Å². The Hall–Kier alpha value is -0.690. The molecule has 0 aliphatic rings. The van der Waals surface area contributed by atoms with Crippen molar-refractivity contribution >= 4 is 11.6 Å². The predicted octanol–water partition coefficient (Wildman–Crippen LogP) is 3.95. The van der Waals surface area contributed by atoms with E-state index < -0.39 is 0 Å². The van der Waals surface area contributed by atoms with Crippen molar-refractivity contribution in [1.82, 2.24) is 0 Å². The lowest BCUT2D eigenvalue weighted by molar-refractivity contribution is 0.460. The molecule has 1 atom stereocenters. The average molecular weight is 199 g/mol. The molecule has 0 fully saturated rings. The highest BCUT2D eigenvalue weighted by Crippen LogP contribution is 2.30. The summed E-state index contributed by atoms with van der Waals surface area (Å²) < 4.78 is 0. The van der Waals surface area contributed by atoms with Crippen molar-refractivity contribution in [3.05, 3.63) is 28.8 Å². The molecule has 1 nitrogen and oxygen atoms in total. The van der Waals surface area contributed by atoms with Crippen molar-refractivity contribution in [3.63, 3.8) is 0 Å².